The molecular formula is C14H16ClFN2OS. The summed E-state index contributed by atoms with van der Waals surface area (Å²) < 4.78 is 18.5. The number of nitrogens with one attached hydrogen (secondary N) is 1. The first kappa shape index (κ1) is 15.2. The smallest absolute Gasteiger partial charge is 0.142 e. The number of halogens is 2. The number of ether oxygens (including phenoxy) is 1. The molecule has 1 aromatic carbocycles. The molecule has 0 fully saturated rings. The largest absolute Gasteiger partial charge is 0.487 e. The molecule has 0 aliphatic rings. The van der Waals surface area contributed by atoms with Crippen LogP contribution in [0.5, 0.6) is 5.75 Å². The fourth-order valence-electron chi connectivity index (χ4n) is 1.59. The number of thiazole rings is 1. The molecule has 1 heterocycles. The number of hydrogen-bond acceptors (Lipinski definition) is 4. The Labute approximate surface area is 126 Å². The second-order valence-corrected chi connectivity index (χ2v) is 5.62. The topological polar surface area (TPSA) is 34.2 Å². The van der Waals surface area contributed by atoms with E-state index in [0.29, 0.717) is 12.4 Å². The lowest BCUT2D eigenvalue weighted by molar-refractivity contribution is 0.301. The molecule has 2 rings (SSSR count). The molecule has 0 atom stereocenters. The maximum atomic E-state index is 13.0. The maximum Gasteiger partial charge on any atom is 0.142 e. The van der Waals surface area contributed by atoms with E-state index in [0.717, 1.165) is 30.2 Å². The van der Waals surface area contributed by atoms with Gasteiger partial charge in [-0.05, 0) is 25.1 Å². The summed E-state index contributed by atoms with van der Waals surface area (Å²) in [4.78, 5) is 4.46. The van der Waals surface area contributed by atoms with Gasteiger partial charge in [-0.1, -0.05) is 18.5 Å². The van der Waals surface area contributed by atoms with Crippen molar-refractivity contribution in [3.63, 3.8) is 0 Å². The van der Waals surface area contributed by atoms with Crippen LogP contribution in [0.1, 0.15) is 24.0 Å². The van der Waals surface area contributed by atoms with Gasteiger partial charge in [-0.2, -0.15) is 0 Å². The Hall–Kier alpha value is -1.17. The Balaban J connectivity index is 1.85. The molecule has 1 N–H and O–H groups in total. The first-order valence-corrected chi connectivity index (χ1v) is 7.66. The summed E-state index contributed by atoms with van der Waals surface area (Å²) in [6.07, 6.45) is 1.10. The summed E-state index contributed by atoms with van der Waals surface area (Å²) >= 11 is 7.29. The van der Waals surface area contributed by atoms with Crippen molar-refractivity contribution in [3.05, 3.63) is 45.1 Å². The molecule has 108 valence electrons. The van der Waals surface area contributed by atoms with E-state index in [1.807, 2.05) is 5.38 Å². The summed E-state index contributed by atoms with van der Waals surface area (Å²) in [5.74, 6) is 0.0898. The van der Waals surface area contributed by atoms with Crippen LogP contribution < -0.4 is 10.1 Å². The van der Waals surface area contributed by atoms with E-state index in [9.17, 15) is 4.39 Å². The molecule has 0 saturated heterocycles. The normalized spacial score (nSPS) is 10.8. The number of nitrogens with zero attached hydrogens (tertiary/aromatic N) is 1. The Morgan fingerprint density at radius 1 is 1.45 bits per heavy atom. The van der Waals surface area contributed by atoms with Gasteiger partial charge in [0.1, 0.15) is 23.2 Å². The zero-order valence-electron chi connectivity index (χ0n) is 11.2. The molecule has 6 heteroatoms. The highest BCUT2D eigenvalue weighted by Gasteiger charge is 2.05. The van der Waals surface area contributed by atoms with Crippen LogP contribution in [0.25, 0.3) is 0 Å². The van der Waals surface area contributed by atoms with E-state index >= 15 is 0 Å². The standard InChI is InChI=1S/C14H16ClFN2OS/c1-2-5-17-7-14-18-10(9-20-14)8-19-11-3-4-13(16)12(15)6-11/h3-4,6,9,17H,2,5,7-8H2,1H3. The Kier molecular flexibility index (Phi) is 5.76. The highest BCUT2D eigenvalue weighted by molar-refractivity contribution is 7.09. The minimum absolute atomic E-state index is 0.0604. The van der Waals surface area contributed by atoms with Crippen molar-refractivity contribution >= 4 is 22.9 Å². The van der Waals surface area contributed by atoms with Crippen molar-refractivity contribution in [2.75, 3.05) is 6.54 Å². The van der Waals surface area contributed by atoms with Gasteiger partial charge in [0.2, 0.25) is 0 Å². The van der Waals surface area contributed by atoms with Gasteiger partial charge in [0.15, 0.2) is 0 Å². The molecular weight excluding hydrogens is 299 g/mol. The lowest BCUT2D eigenvalue weighted by Crippen LogP contribution is -2.13. The Morgan fingerprint density at radius 3 is 3.05 bits per heavy atom. The van der Waals surface area contributed by atoms with Crippen molar-refractivity contribution in [3.8, 4) is 5.75 Å². The van der Waals surface area contributed by atoms with E-state index in [1.165, 1.54) is 12.1 Å². The Morgan fingerprint density at radius 2 is 2.30 bits per heavy atom. The van der Waals surface area contributed by atoms with Crippen LogP contribution in [-0.4, -0.2) is 11.5 Å². The molecule has 0 saturated carbocycles. The van der Waals surface area contributed by atoms with Crippen LogP contribution in [0.15, 0.2) is 23.6 Å². The molecule has 0 amide bonds. The summed E-state index contributed by atoms with van der Waals surface area (Å²) in [5, 5.41) is 6.36. The van der Waals surface area contributed by atoms with Crippen LogP contribution >= 0.6 is 22.9 Å². The van der Waals surface area contributed by atoms with Crippen LogP contribution in [-0.2, 0) is 13.2 Å². The van der Waals surface area contributed by atoms with Crippen molar-refractivity contribution in [1.29, 1.82) is 0 Å². The maximum absolute atomic E-state index is 13.0. The zero-order chi connectivity index (χ0) is 14.4. The van der Waals surface area contributed by atoms with E-state index in [4.69, 9.17) is 16.3 Å². The monoisotopic (exact) mass is 314 g/mol. The van der Waals surface area contributed by atoms with Crippen LogP contribution in [0.3, 0.4) is 0 Å². The van der Waals surface area contributed by atoms with E-state index in [-0.39, 0.29) is 5.02 Å². The van der Waals surface area contributed by atoms with Crippen molar-refractivity contribution in [1.82, 2.24) is 10.3 Å². The predicted molar refractivity (Wildman–Crippen MR) is 79.9 cm³/mol. The average molecular weight is 315 g/mol. The second kappa shape index (κ2) is 7.57. The molecule has 0 unspecified atom stereocenters. The van der Waals surface area contributed by atoms with Gasteiger partial charge >= 0.3 is 0 Å². The highest BCUT2D eigenvalue weighted by atomic mass is 35.5. The van der Waals surface area contributed by atoms with Crippen LogP contribution in [0.2, 0.25) is 5.02 Å². The van der Waals surface area contributed by atoms with Gasteiger partial charge < -0.3 is 10.1 Å². The summed E-state index contributed by atoms with van der Waals surface area (Å²) in [5.41, 5.74) is 0.865. The number of rotatable bonds is 7. The second-order valence-electron chi connectivity index (χ2n) is 4.27. The molecule has 1 aromatic heterocycles. The minimum atomic E-state index is -0.447. The molecule has 0 radical (unpaired) electrons. The summed E-state index contributed by atoms with van der Waals surface area (Å²) in [7, 11) is 0. The molecule has 0 spiro atoms. The lowest BCUT2D eigenvalue weighted by atomic mass is 10.3. The summed E-state index contributed by atoms with van der Waals surface area (Å²) in [6, 6.07) is 4.31. The zero-order valence-corrected chi connectivity index (χ0v) is 12.7. The molecule has 0 aliphatic carbocycles. The van der Waals surface area contributed by atoms with E-state index in [2.05, 4.69) is 17.2 Å². The molecule has 0 aliphatic heterocycles. The van der Waals surface area contributed by atoms with E-state index in [1.54, 1.807) is 17.4 Å². The predicted octanol–water partition coefficient (Wildman–Crippen LogP) is 4.01. The number of aromatic nitrogens is 1. The number of hydrogen-bond donors (Lipinski definition) is 1. The van der Waals surface area contributed by atoms with Gasteiger partial charge in [0.05, 0.1) is 10.7 Å². The average Bonchev–Trinajstić information content (AvgIpc) is 2.88. The Bertz CT molecular complexity index is 562. The van der Waals surface area contributed by atoms with Gasteiger partial charge in [0.25, 0.3) is 0 Å². The fourth-order valence-corrected chi connectivity index (χ4v) is 2.51. The third-order valence-electron chi connectivity index (χ3n) is 2.58. The van der Waals surface area contributed by atoms with Gasteiger partial charge in [-0.25, -0.2) is 9.37 Å². The highest BCUT2D eigenvalue weighted by Crippen LogP contribution is 2.22. The third kappa shape index (κ3) is 4.44. The summed E-state index contributed by atoms with van der Waals surface area (Å²) in [6.45, 7) is 4.24. The lowest BCUT2D eigenvalue weighted by Gasteiger charge is -2.04. The first-order valence-electron chi connectivity index (χ1n) is 6.41. The van der Waals surface area contributed by atoms with Crippen molar-refractivity contribution in [2.45, 2.75) is 26.5 Å². The fraction of sp³-hybridized carbons (Fsp3) is 0.357. The van der Waals surface area contributed by atoms with E-state index < -0.39 is 5.82 Å². The SMILES string of the molecule is CCCNCc1nc(COc2ccc(F)c(Cl)c2)cs1. The van der Waals surface area contributed by atoms with Crippen LogP contribution in [0.4, 0.5) is 4.39 Å². The van der Waals surface area contributed by atoms with Crippen LogP contribution in [0, 0.1) is 5.82 Å². The number of benzene rings is 1. The van der Waals surface area contributed by atoms with Gasteiger partial charge in [0, 0.05) is 18.0 Å². The quantitative estimate of drug-likeness (QED) is 0.784. The van der Waals surface area contributed by atoms with Gasteiger partial charge in [-0.3, -0.25) is 0 Å². The molecule has 3 nitrogen and oxygen atoms in total. The molecule has 20 heavy (non-hydrogen) atoms. The third-order valence-corrected chi connectivity index (χ3v) is 3.77. The van der Waals surface area contributed by atoms with Crippen molar-refractivity contribution in [2.24, 2.45) is 0 Å². The minimum Gasteiger partial charge on any atom is -0.487 e. The van der Waals surface area contributed by atoms with Gasteiger partial charge in [-0.15, -0.1) is 11.3 Å². The molecule has 2 aromatic rings. The first-order chi connectivity index (χ1) is 9.69. The van der Waals surface area contributed by atoms with Crippen molar-refractivity contribution < 1.29 is 9.13 Å². The molecule has 0 bridgehead atoms.